The lowest BCUT2D eigenvalue weighted by Crippen LogP contribution is -2.33. The van der Waals surface area contributed by atoms with Crippen LogP contribution < -0.4 is 39.0 Å². The molecule has 4 aromatic carbocycles. The summed E-state index contributed by atoms with van der Waals surface area (Å²) in [6.07, 6.45) is 13.2. The molecule has 8 aromatic heterocycles. The van der Waals surface area contributed by atoms with E-state index >= 15 is 0 Å². The first-order valence-corrected chi connectivity index (χ1v) is 30.1. The van der Waals surface area contributed by atoms with Gasteiger partial charge in [0.05, 0.1) is 72.6 Å². The summed E-state index contributed by atoms with van der Waals surface area (Å²) < 4.78 is 81.8. The van der Waals surface area contributed by atoms with E-state index in [1.807, 2.05) is 127 Å². The molecule has 0 atom stereocenters. The third-order valence-electron chi connectivity index (χ3n) is 15.8. The number of hydroxylamine groups is 2. The summed E-state index contributed by atoms with van der Waals surface area (Å²) in [5.41, 5.74) is 12.5. The molecule has 13 heterocycles. The number of alkyl halides is 3. The Morgan fingerprint density at radius 3 is 1.54 bits per heavy atom. The van der Waals surface area contributed by atoms with Crippen LogP contribution in [0.2, 0.25) is 0 Å². The van der Waals surface area contributed by atoms with Crippen molar-refractivity contribution in [2.45, 2.75) is 59.0 Å². The van der Waals surface area contributed by atoms with Crippen LogP contribution in [0.25, 0.3) is 21.8 Å². The standard InChI is InChI=1S/C18H13F3N2O.C18H14F2N2O.2C12H11N3O.C11H10N4O/c19-18(20,21)14-4-1-5-15(9-14)23-10-13-7-6-12-3-2-8-22-17(12)16(13)11-24-23;1-11-2-3-12-4-5-13-9-22(23-10-15(13)18(12)21-11)14-6-7-16(19)17(20)8-14;1-3-10-8-15(9-16-12(10)14-6-1)11-4-2-5-13-7-11;1-2-10-8-15(9-16-12(10)14-5-1)11-3-6-13-7-4-11;1-3-9-7-15(8-16-10(9)12-4-1)11-13-5-2-6-14-11/h1-9H,10-11H2;2-8H,9-10H2,1H3;2*1-7H,8-9H2;1-6H,7-8H2. The molecule has 0 saturated heterocycles. The molecule has 0 saturated carbocycles. The van der Waals surface area contributed by atoms with Gasteiger partial charge in [0.25, 0.3) is 0 Å². The zero-order valence-corrected chi connectivity index (χ0v) is 51.0. The number of hydrogen-bond acceptors (Lipinski definition) is 19. The Labute approximate surface area is 542 Å². The molecule has 5 aliphatic heterocycles. The highest BCUT2D eigenvalue weighted by molar-refractivity contribution is 5.84. The summed E-state index contributed by atoms with van der Waals surface area (Å²) in [7, 11) is 0. The van der Waals surface area contributed by atoms with Gasteiger partial charge < -0.3 is 28.9 Å². The molecular formula is C71H59F5N14O5. The van der Waals surface area contributed by atoms with Crippen molar-refractivity contribution < 1.29 is 45.8 Å². The maximum Gasteiger partial charge on any atom is 0.416 e. The van der Waals surface area contributed by atoms with Crippen molar-refractivity contribution in [2.24, 2.45) is 0 Å². The van der Waals surface area contributed by atoms with Crippen LogP contribution in [0.4, 0.5) is 50.6 Å². The van der Waals surface area contributed by atoms with Gasteiger partial charge in [-0.05, 0) is 109 Å². The van der Waals surface area contributed by atoms with Gasteiger partial charge in [-0.3, -0.25) is 29.6 Å². The normalized spacial score (nSPS) is 14.3. The Balaban J connectivity index is 0.000000109. The first-order valence-electron chi connectivity index (χ1n) is 30.1. The maximum absolute atomic E-state index is 13.4. The highest BCUT2D eigenvalue weighted by Gasteiger charge is 2.32. The van der Waals surface area contributed by atoms with E-state index in [9.17, 15) is 22.0 Å². The quantitative estimate of drug-likeness (QED) is 0.148. The number of pyridine rings is 7. The average Bonchev–Trinajstić information content (AvgIpc) is 0.844. The number of aromatic nitrogens is 9. The molecule has 17 rings (SSSR count). The number of benzene rings is 4. The number of hydrogen-bond donors (Lipinski definition) is 0. The molecule has 0 N–H and O–H groups in total. The smallest absolute Gasteiger partial charge is 0.416 e. The number of anilines is 5. The predicted octanol–water partition coefficient (Wildman–Crippen LogP) is 13.9. The monoisotopic (exact) mass is 1280 g/mol. The molecule has 12 aromatic rings. The Hall–Kier alpha value is -11.5. The number of fused-ring (bicyclic) bond motifs is 9. The van der Waals surface area contributed by atoms with Crippen LogP contribution >= 0.6 is 0 Å². The Bertz CT molecular complexity index is 4390. The van der Waals surface area contributed by atoms with Crippen LogP contribution in [0.5, 0.6) is 17.6 Å². The summed E-state index contributed by atoms with van der Waals surface area (Å²) >= 11 is 0. The molecular weight excluding hydrogens is 1220 g/mol. The van der Waals surface area contributed by atoms with E-state index in [2.05, 4.69) is 54.7 Å². The van der Waals surface area contributed by atoms with E-state index in [0.29, 0.717) is 63.1 Å². The number of ether oxygens (including phenoxy) is 3. The van der Waals surface area contributed by atoms with Crippen LogP contribution in [0, 0.1) is 18.6 Å². The van der Waals surface area contributed by atoms with Gasteiger partial charge in [-0.15, -0.1) is 0 Å². The van der Waals surface area contributed by atoms with Crippen molar-refractivity contribution in [1.29, 1.82) is 0 Å². The molecule has 0 aliphatic carbocycles. The minimum Gasteiger partial charge on any atom is -0.456 e. The fourth-order valence-corrected chi connectivity index (χ4v) is 11.0. The number of rotatable bonds is 5. The SMILES string of the molecule is Cc1ccc2ccc3c(c2n1)CON(c1ccc(F)c(F)c1)C3.FC(F)(F)c1cccc(N2Cc3ccc4cccnc4c3CO2)c1.c1cnc(N2COc3ncccc3C2)nc1.c1cnc2c(c1)CN(c1ccncc1)CO2.c1cncc(N2COc3ncccc3C2)c1. The highest BCUT2D eigenvalue weighted by Crippen LogP contribution is 2.36. The minimum atomic E-state index is -4.37. The van der Waals surface area contributed by atoms with Crippen molar-refractivity contribution in [3.63, 3.8) is 0 Å². The van der Waals surface area contributed by atoms with Gasteiger partial charge in [0.2, 0.25) is 23.6 Å². The molecule has 24 heteroatoms. The lowest BCUT2D eigenvalue weighted by atomic mass is 10.0. The van der Waals surface area contributed by atoms with Crippen molar-refractivity contribution >= 4 is 50.5 Å². The van der Waals surface area contributed by atoms with Gasteiger partial charge in [0.15, 0.2) is 31.8 Å². The maximum atomic E-state index is 13.4. The third kappa shape index (κ3) is 14.9. The lowest BCUT2D eigenvalue weighted by molar-refractivity contribution is -0.137. The molecule has 0 spiro atoms. The van der Waals surface area contributed by atoms with Crippen LogP contribution in [0.15, 0.2) is 220 Å². The molecule has 478 valence electrons. The van der Waals surface area contributed by atoms with E-state index in [4.69, 9.17) is 23.9 Å². The van der Waals surface area contributed by atoms with E-state index in [-0.39, 0.29) is 6.61 Å². The van der Waals surface area contributed by atoms with Crippen LogP contribution in [-0.4, -0.2) is 65.0 Å². The first kappa shape index (κ1) is 62.3. The van der Waals surface area contributed by atoms with Crippen molar-refractivity contribution in [3.05, 3.63) is 282 Å². The lowest BCUT2D eigenvalue weighted by Gasteiger charge is -2.30. The summed E-state index contributed by atoms with van der Waals surface area (Å²) in [6.45, 7) is 7.29. The van der Waals surface area contributed by atoms with Gasteiger partial charge in [-0.25, -0.2) is 43.8 Å². The molecule has 0 fully saturated rings. The predicted molar refractivity (Wildman–Crippen MR) is 346 cm³/mol. The minimum absolute atomic E-state index is 0.278. The summed E-state index contributed by atoms with van der Waals surface area (Å²) in [4.78, 5) is 55.7. The second-order valence-electron chi connectivity index (χ2n) is 22.1. The average molecular weight is 1280 g/mol. The molecule has 5 aliphatic rings. The Kier molecular flexibility index (Phi) is 18.7. The van der Waals surface area contributed by atoms with Crippen molar-refractivity contribution in [3.8, 4) is 17.6 Å². The van der Waals surface area contributed by atoms with Crippen molar-refractivity contribution in [1.82, 2.24) is 44.9 Å². The number of halogens is 5. The summed E-state index contributed by atoms with van der Waals surface area (Å²) in [6, 6.07) is 46.3. The second kappa shape index (κ2) is 28.6. The fourth-order valence-electron chi connectivity index (χ4n) is 11.0. The summed E-state index contributed by atoms with van der Waals surface area (Å²) in [5, 5.41) is 5.16. The number of nitrogens with zero attached hydrogens (tertiary/aromatic N) is 14. The van der Waals surface area contributed by atoms with E-state index < -0.39 is 23.4 Å². The Morgan fingerprint density at radius 2 is 0.926 bits per heavy atom. The molecule has 0 bridgehead atoms. The van der Waals surface area contributed by atoms with Gasteiger partial charge in [0, 0.05) is 112 Å². The van der Waals surface area contributed by atoms with Crippen LogP contribution in [-0.2, 0) is 61.8 Å². The molecule has 0 amide bonds. The second-order valence-corrected chi connectivity index (χ2v) is 22.1. The van der Waals surface area contributed by atoms with E-state index in [1.54, 1.807) is 73.0 Å². The highest BCUT2D eigenvalue weighted by atomic mass is 19.4. The Morgan fingerprint density at radius 1 is 0.400 bits per heavy atom. The van der Waals surface area contributed by atoms with Gasteiger partial charge in [-0.1, -0.05) is 60.7 Å². The summed E-state index contributed by atoms with van der Waals surface area (Å²) in [5.74, 6) is 1.12. The molecule has 95 heavy (non-hydrogen) atoms. The largest absolute Gasteiger partial charge is 0.456 e. The number of aryl methyl sites for hydroxylation is 1. The van der Waals surface area contributed by atoms with Gasteiger partial charge in [-0.2, -0.15) is 13.2 Å². The van der Waals surface area contributed by atoms with E-state index in [1.165, 1.54) is 17.2 Å². The third-order valence-corrected chi connectivity index (χ3v) is 15.8. The van der Waals surface area contributed by atoms with Gasteiger partial charge >= 0.3 is 6.18 Å². The van der Waals surface area contributed by atoms with E-state index in [0.717, 1.165) is 133 Å². The van der Waals surface area contributed by atoms with Crippen LogP contribution in [0.3, 0.4) is 0 Å². The topological polar surface area (TPSA) is 178 Å². The van der Waals surface area contributed by atoms with Crippen LogP contribution in [0.1, 0.15) is 50.2 Å². The van der Waals surface area contributed by atoms with Gasteiger partial charge in [0.1, 0.15) is 13.2 Å². The van der Waals surface area contributed by atoms with Crippen molar-refractivity contribution in [2.75, 3.05) is 45.0 Å². The zero-order valence-electron chi connectivity index (χ0n) is 51.0. The molecule has 0 unspecified atom stereocenters. The first-order chi connectivity index (χ1) is 46.4. The molecule has 0 radical (unpaired) electrons. The molecule has 19 nitrogen and oxygen atoms in total. The zero-order chi connectivity index (χ0) is 65.1. The fraction of sp³-hybridized carbons (Fsp3) is 0.169.